The molecule has 0 radical (unpaired) electrons. The lowest BCUT2D eigenvalue weighted by Crippen LogP contribution is -2.27. The fraction of sp³-hybridized carbons (Fsp3) is 0.100. The van der Waals surface area contributed by atoms with E-state index in [-0.39, 0.29) is 23.0 Å². The molecule has 30 heavy (non-hydrogen) atoms. The van der Waals surface area contributed by atoms with Crippen LogP contribution in [-0.2, 0) is 16.1 Å². The van der Waals surface area contributed by atoms with E-state index >= 15 is 0 Å². The van der Waals surface area contributed by atoms with E-state index in [2.05, 4.69) is 15.6 Å². The molecule has 2 amide bonds. The van der Waals surface area contributed by atoms with E-state index in [0.717, 1.165) is 10.4 Å². The van der Waals surface area contributed by atoms with Crippen molar-refractivity contribution in [3.8, 4) is 10.4 Å². The van der Waals surface area contributed by atoms with Crippen molar-refractivity contribution in [1.29, 1.82) is 0 Å². The highest BCUT2D eigenvalue weighted by atomic mass is 35.5. The van der Waals surface area contributed by atoms with Gasteiger partial charge in [0.1, 0.15) is 11.4 Å². The molecule has 0 aliphatic heterocycles. The minimum absolute atomic E-state index is 0.203. The van der Waals surface area contributed by atoms with Crippen LogP contribution in [0.25, 0.3) is 20.7 Å². The number of anilines is 2. The molecular formula is C20H15ClN4O3S2. The normalized spacial score (nSPS) is 10.9. The van der Waals surface area contributed by atoms with Gasteiger partial charge in [-0.15, -0.1) is 22.7 Å². The largest absolute Gasteiger partial charge is 0.326 e. The number of carbonyl (C=O) groups is 2. The summed E-state index contributed by atoms with van der Waals surface area (Å²) in [5, 5.41) is 9.94. The Balaban J connectivity index is 1.57. The summed E-state index contributed by atoms with van der Waals surface area (Å²) < 4.78 is 1.28. The van der Waals surface area contributed by atoms with Crippen LogP contribution in [0.1, 0.15) is 6.92 Å². The lowest BCUT2D eigenvalue weighted by atomic mass is 10.2. The lowest BCUT2D eigenvalue weighted by molar-refractivity contribution is -0.117. The second-order valence-electron chi connectivity index (χ2n) is 6.41. The predicted molar refractivity (Wildman–Crippen MR) is 122 cm³/mol. The molecule has 3 aromatic heterocycles. The Kier molecular flexibility index (Phi) is 5.67. The molecule has 0 fully saturated rings. The van der Waals surface area contributed by atoms with Crippen LogP contribution in [0.3, 0.4) is 0 Å². The molecule has 3 heterocycles. The van der Waals surface area contributed by atoms with E-state index in [1.54, 1.807) is 23.5 Å². The molecular weight excluding hydrogens is 444 g/mol. The third kappa shape index (κ3) is 4.13. The molecule has 0 atom stereocenters. The zero-order chi connectivity index (χ0) is 21.3. The molecule has 7 nitrogen and oxygen atoms in total. The number of benzene rings is 1. The zero-order valence-electron chi connectivity index (χ0n) is 15.6. The molecule has 2 N–H and O–H groups in total. The molecule has 10 heteroatoms. The summed E-state index contributed by atoms with van der Waals surface area (Å²) in [7, 11) is 0. The molecule has 4 rings (SSSR count). The highest BCUT2D eigenvalue weighted by Gasteiger charge is 2.16. The molecule has 0 aliphatic rings. The van der Waals surface area contributed by atoms with Crippen LogP contribution in [0.2, 0.25) is 5.02 Å². The number of hydrogen-bond acceptors (Lipinski definition) is 6. The standard InChI is InChI=1S/C20H15ClN4O3S2/c1-11(26)23-12-4-5-15(14(21)7-12)24-17(27)8-25-10-22-19-18(20(25)28)13(9-30-19)16-3-2-6-29-16/h2-7,9-10H,8H2,1H3,(H,23,26)(H,24,27). The van der Waals surface area contributed by atoms with E-state index in [1.165, 1.54) is 35.2 Å². The zero-order valence-corrected chi connectivity index (χ0v) is 18.0. The minimum atomic E-state index is -0.416. The van der Waals surface area contributed by atoms with Crippen molar-refractivity contribution in [3.63, 3.8) is 0 Å². The summed E-state index contributed by atoms with van der Waals surface area (Å²) in [4.78, 5) is 42.6. The molecule has 0 spiro atoms. The maximum atomic E-state index is 13.0. The average molecular weight is 459 g/mol. The van der Waals surface area contributed by atoms with Crippen LogP contribution in [0.5, 0.6) is 0 Å². The monoisotopic (exact) mass is 458 g/mol. The predicted octanol–water partition coefficient (Wildman–Crippen LogP) is 4.44. The third-order valence-electron chi connectivity index (χ3n) is 4.22. The van der Waals surface area contributed by atoms with E-state index in [0.29, 0.717) is 21.6 Å². The van der Waals surface area contributed by atoms with Gasteiger partial charge < -0.3 is 10.6 Å². The Morgan fingerprint density at radius 3 is 2.73 bits per heavy atom. The summed E-state index contributed by atoms with van der Waals surface area (Å²) >= 11 is 9.13. The summed E-state index contributed by atoms with van der Waals surface area (Å²) in [6.07, 6.45) is 1.38. The average Bonchev–Trinajstić information content (AvgIpc) is 3.35. The first kappa shape index (κ1) is 20.3. The van der Waals surface area contributed by atoms with Crippen LogP contribution in [-0.4, -0.2) is 21.4 Å². The van der Waals surface area contributed by atoms with Crippen molar-refractivity contribution in [3.05, 3.63) is 62.8 Å². The first-order valence-electron chi connectivity index (χ1n) is 8.80. The van der Waals surface area contributed by atoms with Gasteiger partial charge in [0.2, 0.25) is 11.8 Å². The molecule has 0 aliphatic carbocycles. The molecule has 0 saturated carbocycles. The second-order valence-corrected chi connectivity index (χ2v) is 8.62. The Morgan fingerprint density at radius 1 is 1.20 bits per heavy atom. The first-order chi connectivity index (χ1) is 14.4. The number of amides is 2. The van der Waals surface area contributed by atoms with Crippen LogP contribution >= 0.6 is 34.3 Å². The number of carbonyl (C=O) groups excluding carboxylic acids is 2. The molecule has 0 unspecified atom stereocenters. The van der Waals surface area contributed by atoms with Crippen molar-refractivity contribution in [2.45, 2.75) is 13.5 Å². The van der Waals surface area contributed by atoms with Gasteiger partial charge in [-0.3, -0.25) is 19.0 Å². The molecule has 0 saturated heterocycles. The maximum absolute atomic E-state index is 13.0. The van der Waals surface area contributed by atoms with Crippen molar-refractivity contribution in [2.75, 3.05) is 10.6 Å². The van der Waals surface area contributed by atoms with Crippen LogP contribution < -0.4 is 16.2 Å². The maximum Gasteiger partial charge on any atom is 0.263 e. The van der Waals surface area contributed by atoms with Crippen molar-refractivity contribution in [1.82, 2.24) is 9.55 Å². The highest BCUT2D eigenvalue weighted by Crippen LogP contribution is 2.33. The molecule has 1 aromatic carbocycles. The minimum Gasteiger partial charge on any atom is -0.326 e. The second kappa shape index (κ2) is 8.39. The Morgan fingerprint density at radius 2 is 2.03 bits per heavy atom. The topological polar surface area (TPSA) is 93.1 Å². The van der Waals surface area contributed by atoms with Gasteiger partial charge in [0.05, 0.1) is 22.4 Å². The Hall–Kier alpha value is -3.01. The van der Waals surface area contributed by atoms with E-state index in [4.69, 9.17) is 11.6 Å². The number of nitrogens with one attached hydrogen (secondary N) is 2. The SMILES string of the molecule is CC(=O)Nc1ccc(NC(=O)Cn2cnc3scc(-c4cccs4)c3c2=O)c(Cl)c1. The van der Waals surface area contributed by atoms with Crippen LogP contribution in [0.4, 0.5) is 11.4 Å². The van der Waals surface area contributed by atoms with Gasteiger partial charge in [0.15, 0.2) is 0 Å². The number of thiophene rings is 2. The third-order valence-corrected chi connectivity index (χ3v) is 6.33. The van der Waals surface area contributed by atoms with Crippen LogP contribution in [0.15, 0.2) is 52.2 Å². The van der Waals surface area contributed by atoms with Crippen molar-refractivity contribution >= 4 is 67.7 Å². The molecule has 152 valence electrons. The van der Waals surface area contributed by atoms with Crippen molar-refractivity contribution in [2.24, 2.45) is 0 Å². The van der Waals surface area contributed by atoms with E-state index in [9.17, 15) is 14.4 Å². The molecule has 0 bridgehead atoms. The number of hydrogen-bond donors (Lipinski definition) is 2. The van der Waals surface area contributed by atoms with E-state index in [1.807, 2.05) is 22.9 Å². The van der Waals surface area contributed by atoms with Gasteiger partial charge in [-0.25, -0.2) is 4.98 Å². The fourth-order valence-corrected chi connectivity index (χ4v) is 4.88. The number of fused-ring (bicyclic) bond motifs is 1. The van der Waals surface area contributed by atoms with Gasteiger partial charge in [-0.1, -0.05) is 17.7 Å². The smallest absolute Gasteiger partial charge is 0.263 e. The number of aromatic nitrogens is 2. The van der Waals surface area contributed by atoms with Gasteiger partial charge in [0.25, 0.3) is 5.56 Å². The Labute approximate surface area is 184 Å². The molecule has 4 aromatic rings. The summed E-state index contributed by atoms with van der Waals surface area (Å²) in [6.45, 7) is 1.19. The highest BCUT2D eigenvalue weighted by molar-refractivity contribution is 7.18. The Bertz CT molecular complexity index is 1310. The summed E-state index contributed by atoms with van der Waals surface area (Å²) in [5.74, 6) is -0.638. The van der Waals surface area contributed by atoms with E-state index < -0.39 is 5.91 Å². The lowest BCUT2D eigenvalue weighted by Gasteiger charge is -2.10. The fourth-order valence-electron chi connectivity index (χ4n) is 2.94. The van der Waals surface area contributed by atoms with Gasteiger partial charge in [-0.2, -0.15) is 0 Å². The summed E-state index contributed by atoms with van der Waals surface area (Å²) in [5.41, 5.74) is 1.46. The number of nitrogens with zero attached hydrogens (tertiary/aromatic N) is 2. The van der Waals surface area contributed by atoms with Gasteiger partial charge in [0, 0.05) is 28.4 Å². The van der Waals surface area contributed by atoms with Gasteiger partial charge >= 0.3 is 0 Å². The quantitative estimate of drug-likeness (QED) is 0.462. The van der Waals surface area contributed by atoms with Crippen molar-refractivity contribution < 1.29 is 9.59 Å². The number of rotatable bonds is 5. The number of halogens is 1. The van der Waals surface area contributed by atoms with Crippen LogP contribution in [0, 0.1) is 0 Å². The summed E-state index contributed by atoms with van der Waals surface area (Å²) in [6, 6.07) is 8.62. The van der Waals surface area contributed by atoms with Gasteiger partial charge in [-0.05, 0) is 29.6 Å². The first-order valence-corrected chi connectivity index (χ1v) is 10.9.